The second-order valence-corrected chi connectivity index (χ2v) is 22.4. The number of pyridine rings is 1. The van der Waals surface area contributed by atoms with Gasteiger partial charge in [-0.05, 0) is 99.7 Å². The second kappa shape index (κ2) is 16.2. The van der Waals surface area contributed by atoms with Crippen LogP contribution in [-0.4, -0.2) is 69.9 Å². The highest BCUT2D eigenvalue weighted by Gasteiger charge is 2.50. The van der Waals surface area contributed by atoms with Crippen LogP contribution in [0.5, 0.6) is 5.88 Å². The van der Waals surface area contributed by atoms with Crippen molar-refractivity contribution in [2.24, 2.45) is 10.3 Å². The fourth-order valence-corrected chi connectivity index (χ4v) is 14.4. The number of ether oxygens (including phenoxy) is 2. The largest absolute Gasteiger partial charge is 0.480 e. The summed E-state index contributed by atoms with van der Waals surface area (Å²) in [6.07, 6.45) is 3.91. The van der Waals surface area contributed by atoms with Crippen LogP contribution in [0.1, 0.15) is 92.2 Å². The molecule has 1 saturated heterocycles. The summed E-state index contributed by atoms with van der Waals surface area (Å²) in [5, 5.41) is 12.4. The standard InChI is InChI=1S/C40H55N3O7SSi/c1-29-23-24-35(51(47,42-38(46)50-39(2,3)4)43-26-15-22-34(43)37(44)45)36(41-29)49-31-17-14-16-30(28-31)25-27-48-52(40(5,6)7,32-18-10-8-11-19-32)33-20-12-9-13-21-33/h8-13,18-21,23-24,30-31,34H,14-17,22,25-28H2,1-7H3,(H,44,45)/t30-,31-,34+,51+/m1/s1. The molecule has 282 valence electrons. The van der Waals surface area contributed by atoms with E-state index in [-0.39, 0.29) is 34.9 Å². The Morgan fingerprint density at radius 3 is 2.13 bits per heavy atom. The van der Waals surface area contributed by atoms with Crippen LogP contribution in [0.2, 0.25) is 5.04 Å². The van der Waals surface area contributed by atoms with Crippen molar-refractivity contribution in [3.8, 4) is 5.88 Å². The van der Waals surface area contributed by atoms with E-state index in [1.807, 2.05) is 19.1 Å². The van der Waals surface area contributed by atoms with E-state index in [0.29, 0.717) is 24.6 Å². The molecule has 1 aliphatic carbocycles. The van der Waals surface area contributed by atoms with Crippen LogP contribution in [0.4, 0.5) is 4.79 Å². The molecule has 1 saturated carbocycles. The molecule has 10 nitrogen and oxygen atoms in total. The van der Waals surface area contributed by atoms with Gasteiger partial charge in [-0.2, -0.15) is 4.31 Å². The number of amides is 1. The molecule has 3 aromatic rings. The molecule has 0 unspecified atom stereocenters. The third kappa shape index (κ3) is 8.95. The van der Waals surface area contributed by atoms with Gasteiger partial charge in [-0.25, -0.2) is 14.0 Å². The van der Waals surface area contributed by atoms with Gasteiger partial charge in [0.25, 0.3) is 8.32 Å². The normalized spacial score (nSPS) is 21.2. The predicted octanol–water partition coefficient (Wildman–Crippen LogP) is 7.52. The van der Waals surface area contributed by atoms with Crippen LogP contribution in [0.3, 0.4) is 0 Å². The smallest absolute Gasteiger partial charge is 0.443 e. The minimum Gasteiger partial charge on any atom is -0.480 e. The van der Waals surface area contributed by atoms with Crippen molar-refractivity contribution in [3.05, 3.63) is 78.5 Å². The number of carboxylic acid groups (broad SMARTS) is 1. The molecular formula is C40H55N3O7SSi. The summed E-state index contributed by atoms with van der Waals surface area (Å²) in [5.41, 5.74) is -0.249. The summed E-state index contributed by atoms with van der Waals surface area (Å²) < 4.78 is 39.7. The second-order valence-electron chi connectivity index (χ2n) is 16.0. The zero-order valence-corrected chi connectivity index (χ0v) is 33.5. The molecule has 0 spiro atoms. The van der Waals surface area contributed by atoms with Crippen LogP contribution in [0.15, 0.2) is 82.1 Å². The molecule has 4 atom stereocenters. The number of aliphatic carboxylic acids is 1. The number of rotatable bonds is 11. The van der Waals surface area contributed by atoms with E-state index < -0.39 is 41.9 Å². The quantitative estimate of drug-likeness (QED) is 0.200. The molecule has 1 aliphatic heterocycles. The van der Waals surface area contributed by atoms with Gasteiger partial charge in [-0.15, -0.1) is 4.36 Å². The Morgan fingerprint density at radius 1 is 0.923 bits per heavy atom. The first-order valence-electron chi connectivity index (χ1n) is 18.4. The van der Waals surface area contributed by atoms with Gasteiger partial charge in [0.05, 0.1) is 0 Å². The summed E-state index contributed by atoms with van der Waals surface area (Å²) in [6, 6.07) is 23.5. The van der Waals surface area contributed by atoms with E-state index in [2.05, 4.69) is 78.6 Å². The van der Waals surface area contributed by atoms with E-state index >= 15 is 4.21 Å². The molecule has 52 heavy (non-hydrogen) atoms. The number of carbonyl (C=O) groups is 2. The number of hydrogen-bond donors (Lipinski definition) is 1. The highest BCUT2D eigenvalue weighted by atomic mass is 32.2. The molecule has 1 aromatic heterocycles. The molecule has 2 fully saturated rings. The van der Waals surface area contributed by atoms with Gasteiger partial charge in [0.1, 0.15) is 22.6 Å². The number of aromatic nitrogens is 1. The molecule has 2 aromatic carbocycles. The van der Waals surface area contributed by atoms with Crippen molar-refractivity contribution in [2.75, 3.05) is 13.2 Å². The Morgan fingerprint density at radius 2 is 1.56 bits per heavy atom. The van der Waals surface area contributed by atoms with Crippen LogP contribution >= 0.6 is 0 Å². The van der Waals surface area contributed by atoms with Crippen molar-refractivity contribution in [1.29, 1.82) is 0 Å². The van der Waals surface area contributed by atoms with Gasteiger partial charge in [0.15, 0.2) is 9.92 Å². The molecule has 1 N–H and O–H groups in total. The third-order valence-corrected chi connectivity index (χ3v) is 17.3. The maximum Gasteiger partial charge on any atom is 0.443 e. The summed E-state index contributed by atoms with van der Waals surface area (Å²) in [4.78, 5) is 30.1. The van der Waals surface area contributed by atoms with Crippen molar-refractivity contribution >= 4 is 40.7 Å². The topological polar surface area (TPSA) is 128 Å². The van der Waals surface area contributed by atoms with E-state index in [1.54, 1.807) is 32.9 Å². The number of carbonyl (C=O) groups excluding carboxylic acids is 1. The Balaban J connectivity index is 1.40. The average molecular weight is 750 g/mol. The number of nitrogens with zero attached hydrogens (tertiary/aromatic N) is 3. The van der Waals surface area contributed by atoms with Gasteiger partial charge in [0.2, 0.25) is 5.88 Å². The molecule has 12 heteroatoms. The predicted molar refractivity (Wildman–Crippen MR) is 206 cm³/mol. The highest BCUT2D eigenvalue weighted by molar-refractivity contribution is 7.91. The highest BCUT2D eigenvalue weighted by Crippen LogP contribution is 2.39. The van der Waals surface area contributed by atoms with Gasteiger partial charge in [-0.3, -0.25) is 4.79 Å². The monoisotopic (exact) mass is 749 g/mol. The Labute approximate surface area is 310 Å². The Kier molecular flexibility index (Phi) is 12.3. The SMILES string of the molecule is Cc1ccc([S@](=O)(=NC(=O)OC(C)(C)C)N2CCC[C@H]2C(=O)O)c(O[C@@H]2CCC[C@H](CCO[Si](c3ccccc3)(c3ccccc3)C(C)(C)C)C2)n1. The lowest BCUT2D eigenvalue weighted by atomic mass is 9.85. The summed E-state index contributed by atoms with van der Waals surface area (Å²) in [5.74, 6) is -0.680. The van der Waals surface area contributed by atoms with E-state index in [0.717, 1.165) is 32.1 Å². The first-order valence-corrected chi connectivity index (χ1v) is 21.8. The fourth-order valence-electron chi connectivity index (χ4n) is 7.61. The van der Waals surface area contributed by atoms with Crippen molar-refractivity contribution in [2.45, 2.75) is 121 Å². The summed E-state index contributed by atoms with van der Waals surface area (Å²) in [7, 11) is -6.49. The summed E-state index contributed by atoms with van der Waals surface area (Å²) in [6.45, 7) is 14.5. The number of aryl methyl sites for hydroxylation is 1. The van der Waals surface area contributed by atoms with Crippen LogP contribution < -0.4 is 15.1 Å². The van der Waals surface area contributed by atoms with E-state index in [9.17, 15) is 14.7 Å². The lowest BCUT2D eigenvalue weighted by Crippen LogP contribution is -2.66. The molecule has 2 aliphatic rings. The molecular weight excluding hydrogens is 695 g/mol. The first-order chi connectivity index (χ1) is 24.5. The lowest BCUT2D eigenvalue weighted by molar-refractivity contribution is -0.140. The first kappa shape index (κ1) is 39.6. The van der Waals surface area contributed by atoms with E-state index in [4.69, 9.17) is 13.9 Å². The molecule has 5 rings (SSSR count). The zero-order valence-electron chi connectivity index (χ0n) is 31.7. The van der Waals surface area contributed by atoms with Gasteiger partial charge in [-0.1, -0.05) is 87.9 Å². The summed E-state index contributed by atoms with van der Waals surface area (Å²) >= 11 is 0. The van der Waals surface area contributed by atoms with Gasteiger partial charge < -0.3 is 19.0 Å². The number of carboxylic acids is 1. The van der Waals surface area contributed by atoms with Crippen molar-refractivity contribution < 1.29 is 32.8 Å². The minimum atomic E-state index is -3.82. The number of hydrogen-bond acceptors (Lipinski definition) is 7. The van der Waals surface area contributed by atoms with Gasteiger partial charge in [0, 0.05) is 18.8 Å². The average Bonchev–Trinajstić information content (AvgIpc) is 3.58. The van der Waals surface area contributed by atoms with E-state index in [1.165, 1.54) is 14.7 Å². The number of benzene rings is 2. The maximum atomic E-state index is 15.1. The Hall–Kier alpha value is -3.58. The van der Waals surface area contributed by atoms with Gasteiger partial charge >= 0.3 is 12.1 Å². The lowest BCUT2D eigenvalue weighted by Gasteiger charge is -2.43. The van der Waals surface area contributed by atoms with Crippen LogP contribution in [0, 0.1) is 12.8 Å². The Bertz CT molecular complexity index is 1780. The van der Waals surface area contributed by atoms with Crippen molar-refractivity contribution in [3.63, 3.8) is 0 Å². The fraction of sp³-hybridized carbons (Fsp3) is 0.525. The van der Waals surface area contributed by atoms with Crippen LogP contribution in [-0.2, 0) is 23.9 Å². The molecule has 0 radical (unpaired) electrons. The van der Waals surface area contributed by atoms with Crippen molar-refractivity contribution in [1.82, 2.24) is 9.29 Å². The third-order valence-electron chi connectivity index (χ3n) is 9.92. The molecule has 0 bridgehead atoms. The maximum absolute atomic E-state index is 15.1. The van der Waals surface area contributed by atoms with Crippen LogP contribution in [0.25, 0.3) is 0 Å². The minimum absolute atomic E-state index is 0.0919. The molecule has 1 amide bonds. The zero-order chi connectivity index (χ0) is 37.7. The molecule has 2 heterocycles.